The van der Waals surface area contributed by atoms with Crippen LogP contribution in [0.4, 0.5) is 13.2 Å². The fourth-order valence-corrected chi connectivity index (χ4v) is 3.46. The first kappa shape index (κ1) is 17.2. The van der Waals surface area contributed by atoms with Crippen LogP contribution in [0.25, 0.3) is 27.6 Å². The van der Waals surface area contributed by atoms with Crippen molar-refractivity contribution in [3.05, 3.63) is 59.4 Å². The van der Waals surface area contributed by atoms with Gasteiger partial charge in [-0.1, -0.05) is 18.2 Å². The molecule has 1 aromatic carbocycles. The van der Waals surface area contributed by atoms with Gasteiger partial charge in [0.15, 0.2) is 5.13 Å². The molecule has 2 N–H and O–H groups in total. The number of rotatable bonds is 3. The minimum atomic E-state index is -4.58. The normalized spacial score (nSPS) is 11.8. The second-order valence-corrected chi connectivity index (χ2v) is 6.42. The highest BCUT2D eigenvalue weighted by molar-refractivity contribution is 7.12. The second-order valence-electron chi connectivity index (χ2n) is 5.55. The van der Waals surface area contributed by atoms with Crippen LogP contribution in [0.5, 0.6) is 0 Å². The Balaban J connectivity index is 2.12. The summed E-state index contributed by atoms with van der Waals surface area (Å²) in [5.74, 6) is -0.768. The number of carbonyl (C=O) groups excluding carboxylic acids is 1. The van der Waals surface area contributed by atoms with Gasteiger partial charge in [-0.2, -0.15) is 13.2 Å². The lowest BCUT2D eigenvalue weighted by Gasteiger charge is -2.13. The maximum atomic E-state index is 13.5. The van der Waals surface area contributed by atoms with Crippen molar-refractivity contribution in [1.82, 2.24) is 19.5 Å². The number of fused-ring (bicyclic) bond motifs is 1. The molecule has 0 saturated heterocycles. The van der Waals surface area contributed by atoms with Crippen LogP contribution in [0.2, 0.25) is 0 Å². The summed E-state index contributed by atoms with van der Waals surface area (Å²) < 4.78 is 42.1. The predicted molar refractivity (Wildman–Crippen MR) is 93.5 cm³/mol. The van der Waals surface area contributed by atoms with E-state index in [9.17, 15) is 18.0 Å². The van der Waals surface area contributed by atoms with Crippen molar-refractivity contribution in [2.75, 3.05) is 0 Å². The van der Waals surface area contributed by atoms with E-state index in [1.165, 1.54) is 52.7 Å². The number of hydrogen-bond donors (Lipinski definition) is 1. The minimum absolute atomic E-state index is 0.00313. The van der Waals surface area contributed by atoms with Gasteiger partial charge in [-0.25, -0.2) is 9.97 Å². The molecule has 1 amide bonds. The van der Waals surface area contributed by atoms with E-state index in [1.54, 1.807) is 5.38 Å². The first-order valence-electron chi connectivity index (χ1n) is 7.60. The lowest BCUT2D eigenvalue weighted by Crippen LogP contribution is -2.12. The fraction of sp³-hybridized carbons (Fsp3) is 0.0588. The highest BCUT2D eigenvalue weighted by Crippen LogP contribution is 2.39. The Morgan fingerprint density at radius 1 is 1.19 bits per heavy atom. The van der Waals surface area contributed by atoms with E-state index in [1.807, 2.05) is 0 Å². The molecule has 3 aromatic heterocycles. The minimum Gasteiger partial charge on any atom is -0.365 e. The van der Waals surface area contributed by atoms with Crippen LogP contribution in [0.1, 0.15) is 15.9 Å². The number of aromatic nitrogens is 4. The molecule has 0 aliphatic rings. The number of alkyl halides is 3. The van der Waals surface area contributed by atoms with Gasteiger partial charge >= 0.3 is 6.18 Å². The van der Waals surface area contributed by atoms with Crippen molar-refractivity contribution in [3.8, 4) is 16.5 Å². The molecule has 0 bridgehead atoms. The molecular weight excluding hydrogens is 379 g/mol. The Kier molecular flexibility index (Phi) is 3.92. The first-order chi connectivity index (χ1) is 12.9. The van der Waals surface area contributed by atoms with Crippen molar-refractivity contribution in [2.45, 2.75) is 6.18 Å². The van der Waals surface area contributed by atoms with Gasteiger partial charge < -0.3 is 5.73 Å². The quantitative estimate of drug-likeness (QED) is 0.579. The van der Waals surface area contributed by atoms with Crippen molar-refractivity contribution in [2.24, 2.45) is 5.73 Å². The topological polar surface area (TPSA) is 86.7 Å². The summed E-state index contributed by atoms with van der Waals surface area (Å²) >= 11 is 1.22. The Morgan fingerprint density at radius 2 is 1.96 bits per heavy atom. The standard InChI is InChI=1S/C17H10F3N5OS/c18-17(19,20)11-4-2-1-3-9(11)15-24-13-10(14(21)26)7-22-8-12(13)25(15)16-23-5-6-27-16/h1-8H,(H2,21,26). The van der Waals surface area contributed by atoms with E-state index in [4.69, 9.17) is 5.73 Å². The van der Waals surface area contributed by atoms with E-state index in [2.05, 4.69) is 15.0 Å². The van der Waals surface area contributed by atoms with Gasteiger partial charge in [0.25, 0.3) is 5.91 Å². The van der Waals surface area contributed by atoms with Crippen LogP contribution in [-0.4, -0.2) is 25.4 Å². The third-order valence-corrected chi connectivity index (χ3v) is 4.67. The zero-order valence-electron chi connectivity index (χ0n) is 13.4. The number of nitrogens with two attached hydrogens (primary N) is 1. The van der Waals surface area contributed by atoms with Gasteiger partial charge in [0.05, 0.1) is 22.8 Å². The highest BCUT2D eigenvalue weighted by Gasteiger charge is 2.35. The van der Waals surface area contributed by atoms with Gasteiger partial charge in [-0.15, -0.1) is 11.3 Å². The zero-order chi connectivity index (χ0) is 19.2. The number of nitrogens with zero attached hydrogens (tertiary/aromatic N) is 4. The van der Waals surface area contributed by atoms with Crippen LogP contribution >= 0.6 is 11.3 Å². The van der Waals surface area contributed by atoms with E-state index >= 15 is 0 Å². The number of halogens is 3. The van der Waals surface area contributed by atoms with E-state index in [0.29, 0.717) is 10.6 Å². The maximum Gasteiger partial charge on any atom is 0.417 e. The number of amides is 1. The Labute approximate surface area is 154 Å². The van der Waals surface area contributed by atoms with Crippen molar-refractivity contribution in [3.63, 3.8) is 0 Å². The monoisotopic (exact) mass is 389 g/mol. The molecule has 0 fully saturated rings. The highest BCUT2D eigenvalue weighted by atomic mass is 32.1. The maximum absolute atomic E-state index is 13.5. The molecule has 0 atom stereocenters. The summed E-state index contributed by atoms with van der Waals surface area (Å²) in [7, 11) is 0. The third-order valence-electron chi connectivity index (χ3n) is 3.92. The van der Waals surface area contributed by atoms with Gasteiger partial charge in [0.1, 0.15) is 11.3 Å². The van der Waals surface area contributed by atoms with Crippen LogP contribution in [0.15, 0.2) is 48.2 Å². The molecule has 0 saturated carbocycles. The first-order valence-corrected chi connectivity index (χ1v) is 8.48. The number of pyridine rings is 1. The molecule has 0 spiro atoms. The van der Waals surface area contributed by atoms with Crippen LogP contribution in [0, 0.1) is 0 Å². The smallest absolute Gasteiger partial charge is 0.365 e. The predicted octanol–water partition coefficient (Wildman–Crippen LogP) is 3.66. The molecule has 4 aromatic rings. The van der Waals surface area contributed by atoms with Gasteiger partial charge in [-0.05, 0) is 6.07 Å². The number of hydrogen-bond acceptors (Lipinski definition) is 5. The summed E-state index contributed by atoms with van der Waals surface area (Å²) in [5.41, 5.74) is 4.93. The molecule has 136 valence electrons. The average Bonchev–Trinajstić information content (AvgIpc) is 3.27. The summed E-state index contributed by atoms with van der Waals surface area (Å²) in [6, 6.07) is 5.10. The number of imidazole rings is 1. The van der Waals surface area contributed by atoms with E-state index < -0.39 is 17.6 Å². The lowest BCUT2D eigenvalue weighted by atomic mass is 10.1. The second kappa shape index (κ2) is 6.16. The fourth-order valence-electron chi connectivity index (χ4n) is 2.80. The molecular formula is C17H10F3N5OS. The van der Waals surface area contributed by atoms with Crippen molar-refractivity contribution in [1.29, 1.82) is 0 Å². The molecule has 27 heavy (non-hydrogen) atoms. The number of thiazole rings is 1. The van der Waals surface area contributed by atoms with Crippen LogP contribution in [-0.2, 0) is 6.18 Å². The van der Waals surface area contributed by atoms with E-state index in [-0.39, 0.29) is 22.5 Å². The number of primary amides is 1. The SMILES string of the molecule is NC(=O)c1cncc2c1nc(-c1ccccc1C(F)(F)F)n2-c1nccs1. The van der Waals surface area contributed by atoms with Gasteiger partial charge in [-0.3, -0.25) is 14.3 Å². The number of benzene rings is 1. The molecule has 0 aliphatic heterocycles. The van der Waals surface area contributed by atoms with Gasteiger partial charge in [0, 0.05) is 23.3 Å². The summed E-state index contributed by atoms with van der Waals surface area (Å²) in [4.78, 5) is 24.2. The molecule has 10 heteroatoms. The summed E-state index contributed by atoms with van der Waals surface area (Å²) in [6.45, 7) is 0. The Morgan fingerprint density at radius 3 is 2.63 bits per heavy atom. The molecule has 4 rings (SSSR count). The molecule has 0 aliphatic carbocycles. The summed E-state index contributed by atoms with van der Waals surface area (Å²) in [5, 5.41) is 2.08. The lowest BCUT2D eigenvalue weighted by molar-refractivity contribution is -0.137. The zero-order valence-corrected chi connectivity index (χ0v) is 14.3. The van der Waals surface area contributed by atoms with E-state index in [0.717, 1.165) is 6.07 Å². The molecule has 3 heterocycles. The number of carbonyl (C=O) groups is 1. The Hall–Kier alpha value is -3.27. The molecule has 6 nitrogen and oxygen atoms in total. The Bertz CT molecular complexity index is 1150. The average molecular weight is 389 g/mol. The van der Waals surface area contributed by atoms with Crippen LogP contribution in [0.3, 0.4) is 0 Å². The van der Waals surface area contributed by atoms with Crippen LogP contribution < -0.4 is 5.73 Å². The molecule has 0 radical (unpaired) electrons. The molecule has 0 unspecified atom stereocenters. The van der Waals surface area contributed by atoms with Gasteiger partial charge in [0.2, 0.25) is 0 Å². The third kappa shape index (κ3) is 2.83. The van der Waals surface area contributed by atoms with Crippen molar-refractivity contribution >= 4 is 28.3 Å². The summed E-state index contributed by atoms with van der Waals surface area (Å²) in [6.07, 6.45) is -0.400. The largest absolute Gasteiger partial charge is 0.417 e. The van der Waals surface area contributed by atoms with Crippen molar-refractivity contribution < 1.29 is 18.0 Å².